The van der Waals surface area contributed by atoms with Gasteiger partial charge in [-0.05, 0) is 0 Å². The van der Waals surface area contributed by atoms with Crippen molar-refractivity contribution in [2.24, 2.45) is 11.7 Å². The molecular weight excluding hydrogens is 258 g/mol. The number of amides is 2. The van der Waals surface area contributed by atoms with E-state index < -0.39 is 17.8 Å². The first-order chi connectivity index (χ1) is 8.54. The SMILES string of the molecule is COC(=O)c1scnc1N1CC(C(N)=O)CC1=O. The van der Waals surface area contributed by atoms with Crippen LogP contribution in [0.4, 0.5) is 5.82 Å². The van der Waals surface area contributed by atoms with E-state index in [9.17, 15) is 14.4 Å². The van der Waals surface area contributed by atoms with Crippen molar-refractivity contribution < 1.29 is 19.1 Å². The highest BCUT2D eigenvalue weighted by molar-refractivity contribution is 7.12. The van der Waals surface area contributed by atoms with Crippen molar-refractivity contribution in [2.75, 3.05) is 18.6 Å². The number of hydrogen-bond acceptors (Lipinski definition) is 6. The van der Waals surface area contributed by atoms with Crippen molar-refractivity contribution in [1.29, 1.82) is 0 Å². The molecule has 1 aromatic rings. The molecule has 2 heterocycles. The second-order valence-corrected chi connectivity index (χ2v) is 4.66. The quantitative estimate of drug-likeness (QED) is 0.763. The number of methoxy groups -OCH3 is 1. The Balaban J connectivity index is 2.28. The summed E-state index contributed by atoms with van der Waals surface area (Å²) in [5.41, 5.74) is 6.62. The lowest BCUT2D eigenvalue weighted by atomic mass is 10.1. The largest absolute Gasteiger partial charge is 0.465 e. The molecule has 0 saturated carbocycles. The van der Waals surface area contributed by atoms with E-state index in [2.05, 4.69) is 9.72 Å². The molecule has 7 nitrogen and oxygen atoms in total. The Morgan fingerprint density at radius 1 is 1.61 bits per heavy atom. The van der Waals surface area contributed by atoms with Crippen LogP contribution in [0.5, 0.6) is 0 Å². The number of carbonyl (C=O) groups excluding carboxylic acids is 3. The predicted molar refractivity (Wildman–Crippen MR) is 63.1 cm³/mol. The Bertz CT molecular complexity index is 513. The first-order valence-corrected chi connectivity index (χ1v) is 6.04. The van der Waals surface area contributed by atoms with Gasteiger partial charge in [-0.3, -0.25) is 14.5 Å². The lowest BCUT2D eigenvalue weighted by Crippen LogP contribution is -2.29. The number of nitrogens with two attached hydrogens (primary N) is 1. The van der Waals surface area contributed by atoms with Gasteiger partial charge in [0.25, 0.3) is 0 Å². The van der Waals surface area contributed by atoms with Crippen LogP contribution in [0.2, 0.25) is 0 Å². The molecule has 1 aromatic heterocycles. The zero-order chi connectivity index (χ0) is 13.3. The molecule has 0 aliphatic carbocycles. The molecule has 18 heavy (non-hydrogen) atoms. The molecule has 2 amide bonds. The zero-order valence-electron chi connectivity index (χ0n) is 9.58. The van der Waals surface area contributed by atoms with Crippen LogP contribution in [-0.4, -0.2) is 36.4 Å². The minimum absolute atomic E-state index is 0.0491. The minimum Gasteiger partial charge on any atom is -0.465 e. The number of nitrogens with zero attached hydrogens (tertiary/aromatic N) is 2. The fourth-order valence-electron chi connectivity index (χ4n) is 1.77. The number of hydrogen-bond donors (Lipinski definition) is 1. The molecule has 1 unspecified atom stereocenters. The standard InChI is InChI=1S/C10H11N3O4S/c1-17-10(16)7-9(12-4-18-7)13-3-5(8(11)15)2-6(13)14/h4-5H,2-3H2,1H3,(H2,11,15). The molecule has 0 radical (unpaired) electrons. The highest BCUT2D eigenvalue weighted by Gasteiger charge is 2.37. The summed E-state index contributed by atoms with van der Waals surface area (Å²) in [6, 6.07) is 0. The van der Waals surface area contributed by atoms with Crippen LogP contribution in [0.1, 0.15) is 16.1 Å². The summed E-state index contributed by atoms with van der Waals surface area (Å²) < 4.78 is 4.61. The second-order valence-electron chi connectivity index (χ2n) is 3.80. The molecule has 2 rings (SSSR count). The van der Waals surface area contributed by atoms with Crippen molar-refractivity contribution in [3.63, 3.8) is 0 Å². The van der Waals surface area contributed by atoms with E-state index in [1.807, 2.05) is 0 Å². The summed E-state index contributed by atoms with van der Waals surface area (Å²) in [4.78, 5) is 39.9. The molecule has 1 fully saturated rings. The van der Waals surface area contributed by atoms with Crippen molar-refractivity contribution in [3.05, 3.63) is 10.4 Å². The van der Waals surface area contributed by atoms with Crippen molar-refractivity contribution >= 4 is 34.9 Å². The molecule has 96 valence electrons. The number of carbonyl (C=O) groups is 3. The van der Waals surface area contributed by atoms with Gasteiger partial charge in [-0.15, -0.1) is 11.3 Å². The first-order valence-electron chi connectivity index (χ1n) is 5.16. The van der Waals surface area contributed by atoms with E-state index >= 15 is 0 Å². The van der Waals surface area contributed by atoms with Crippen LogP contribution < -0.4 is 10.6 Å². The highest BCUT2D eigenvalue weighted by atomic mass is 32.1. The fraction of sp³-hybridized carbons (Fsp3) is 0.400. The third-order valence-electron chi connectivity index (χ3n) is 2.70. The average Bonchev–Trinajstić information content (AvgIpc) is 2.93. The summed E-state index contributed by atoms with van der Waals surface area (Å²) in [6.07, 6.45) is 0.0491. The van der Waals surface area contributed by atoms with Gasteiger partial charge in [0.05, 0.1) is 18.5 Å². The maximum atomic E-state index is 11.8. The van der Waals surface area contributed by atoms with Crippen LogP contribution in [0.25, 0.3) is 0 Å². The summed E-state index contributed by atoms with van der Waals surface area (Å²) >= 11 is 1.09. The van der Waals surface area contributed by atoms with Crippen LogP contribution >= 0.6 is 11.3 Å². The number of rotatable bonds is 3. The summed E-state index contributed by atoms with van der Waals surface area (Å²) in [6.45, 7) is 0.155. The van der Waals surface area contributed by atoms with Gasteiger partial charge in [0.1, 0.15) is 0 Å². The van der Waals surface area contributed by atoms with E-state index in [4.69, 9.17) is 5.73 Å². The topological polar surface area (TPSA) is 103 Å². The Labute approximate surface area is 107 Å². The van der Waals surface area contributed by atoms with Gasteiger partial charge in [-0.2, -0.15) is 0 Å². The minimum atomic E-state index is -0.553. The van der Waals surface area contributed by atoms with E-state index in [-0.39, 0.29) is 29.6 Å². The number of aromatic nitrogens is 1. The van der Waals surface area contributed by atoms with Gasteiger partial charge in [0.2, 0.25) is 11.8 Å². The Morgan fingerprint density at radius 2 is 2.33 bits per heavy atom. The zero-order valence-corrected chi connectivity index (χ0v) is 10.4. The van der Waals surface area contributed by atoms with E-state index in [1.54, 1.807) is 0 Å². The number of esters is 1. The fourth-order valence-corrected chi connectivity index (χ4v) is 2.47. The molecule has 0 spiro atoms. The summed E-state index contributed by atoms with van der Waals surface area (Å²) in [5, 5.41) is 0. The van der Waals surface area contributed by atoms with Crippen LogP contribution in [0, 0.1) is 5.92 Å². The normalized spacial score (nSPS) is 19.1. The molecule has 1 atom stereocenters. The predicted octanol–water partition coefficient (Wildman–Crippen LogP) is -0.232. The molecule has 1 aliphatic heterocycles. The first kappa shape index (κ1) is 12.5. The van der Waals surface area contributed by atoms with Crippen molar-refractivity contribution in [1.82, 2.24) is 4.98 Å². The van der Waals surface area contributed by atoms with Gasteiger partial charge in [-0.1, -0.05) is 0 Å². The van der Waals surface area contributed by atoms with Crippen LogP contribution in [-0.2, 0) is 14.3 Å². The average molecular weight is 269 g/mol. The van der Waals surface area contributed by atoms with E-state index in [0.29, 0.717) is 0 Å². The van der Waals surface area contributed by atoms with Gasteiger partial charge >= 0.3 is 5.97 Å². The lowest BCUT2D eigenvalue weighted by Gasteiger charge is -2.14. The van der Waals surface area contributed by atoms with Gasteiger partial charge < -0.3 is 10.5 Å². The van der Waals surface area contributed by atoms with Gasteiger partial charge in [0, 0.05) is 13.0 Å². The number of anilines is 1. The third kappa shape index (κ3) is 2.06. The second kappa shape index (κ2) is 4.73. The Morgan fingerprint density at radius 3 is 2.89 bits per heavy atom. The molecular formula is C10H11N3O4S. The summed E-state index contributed by atoms with van der Waals surface area (Å²) in [7, 11) is 1.25. The van der Waals surface area contributed by atoms with E-state index in [1.165, 1.54) is 17.5 Å². The lowest BCUT2D eigenvalue weighted by molar-refractivity contribution is -0.123. The van der Waals surface area contributed by atoms with Crippen LogP contribution in [0.15, 0.2) is 5.51 Å². The van der Waals surface area contributed by atoms with Crippen molar-refractivity contribution in [3.8, 4) is 0 Å². The molecule has 2 N–H and O–H groups in total. The van der Waals surface area contributed by atoms with Gasteiger partial charge in [-0.25, -0.2) is 9.78 Å². The number of thiazole rings is 1. The third-order valence-corrected chi connectivity index (χ3v) is 3.50. The smallest absolute Gasteiger partial charge is 0.351 e. The van der Waals surface area contributed by atoms with E-state index in [0.717, 1.165) is 11.3 Å². The molecule has 0 bridgehead atoms. The molecule has 1 aliphatic rings. The maximum Gasteiger partial charge on any atom is 0.351 e. The monoisotopic (exact) mass is 269 g/mol. The van der Waals surface area contributed by atoms with Crippen molar-refractivity contribution in [2.45, 2.75) is 6.42 Å². The molecule has 0 aromatic carbocycles. The number of ether oxygens (including phenoxy) is 1. The van der Waals surface area contributed by atoms with Crippen LogP contribution in [0.3, 0.4) is 0 Å². The van der Waals surface area contributed by atoms with Gasteiger partial charge in [0.15, 0.2) is 10.7 Å². The highest BCUT2D eigenvalue weighted by Crippen LogP contribution is 2.29. The maximum absolute atomic E-state index is 11.8. The Kier molecular flexibility index (Phi) is 3.28. The molecule has 1 saturated heterocycles. The Hall–Kier alpha value is -1.96. The summed E-state index contributed by atoms with van der Waals surface area (Å²) in [5.74, 6) is -1.65. The molecule has 8 heteroatoms. The number of primary amides is 1.